The fraction of sp³-hybridized carbons (Fsp3) is 0. The van der Waals surface area contributed by atoms with Gasteiger partial charge in [-0.25, -0.2) is 4.57 Å². The van der Waals surface area contributed by atoms with Gasteiger partial charge in [0.1, 0.15) is 5.52 Å². The minimum Gasteiger partial charge on any atom is -0.330 e. The van der Waals surface area contributed by atoms with Crippen molar-refractivity contribution in [3.05, 3.63) is 33.9 Å². The van der Waals surface area contributed by atoms with Gasteiger partial charge < -0.3 is 9.52 Å². The molecule has 1 heterocycles. The van der Waals surface area contributed by atoms with Crippen LogP contribution < -0.4 is 9.50 Å². The largest absolute Gasteiger partial charge is 0.384 e. The van der Waals surface area contributed by atoms with E-state index in [0.717, 1.165) is 20.8 Å². The van der Waals surface area contributed by atoms with Crippen molar-refractivity contribution in [3.8, 4) is 0 Å². The second kappa shape index (κ2) is 3.57. The first-order valence-corrected chi connectivity index (χ1v) is 5.78. The van der Waals surface area contributed by atoms with Gasteiger partial charge in [-0.15, -0.1) is 4.73 Å². The van der Waals surface area contributed by atoms with Crippen molar-refractivity contribution >= 4 is 29.8 Å². The smallest absolute Gasteiger partial charge is 0.330 e. The molecule has 5 nitrogen and oxygen atoms in total. The molecule has 0 aliphatic rings. The molecular formula is C7H6NO4PS. The highest BCUT2D eigenvalue weighted by molar-refractivity contribution is 7.32. The van der Waals surface area contributed by atoms with Gasteiger partial charge in [0.05, 0.1) is 4.70 Å². The summed E-state index contributed by atoms with van der Waals surface area (Å²) in [4.78, 5) is 19.5. The number of aromatic nitrogens is 1. The summed E-state index contributed by atoms with van der Waals surface area (Å²) in [6, 6.07) is 6.90. The van der Waals surface area contributed by atoms with E-state index in [4.69, 9.17) is 4.89 Å². The normalized spacial score (nSPS) is 12.9. The van der Waals surface area contributed by atoms with Crippen LogP contribution in [0.4, 0.5) is 0 Å². The van der Waals surface area contributed by atoms with Crippen molar-refractivity contribution < 1.29 is 14.1 Å². The Kier molecular flexibility index (Phi) is 2.41. The molecule has 0 aliphatic heterocycles. The van der Waals surface area contributed by atoms with Gasteiger partial charge >= 0.3 is 13.1 Å². The van der Waals surface area contributed by atoms with Crippen molar-refractivity contribution in [1.29, 1.82) is 0 Å². The molecule has 0 saturated carbocycles. The predicted molar refractivity (Wildman–Crippen MR) is 53.9 cm³/mol. The van der Waals surface area contributed by atoms with Crippen molar-refractivity contribution in [1.82, 2.24) is 4.73 Å². The van der Waals surface area contributed by atoms with Crippen LogP contribution in [-0.4, -0.2) is 9.62 Å². The molecule has 1 atom stereocenters. The van der Waals surface area contributed by atoms with Gasteiger partial charge in [-0.1, -0.05) is 23.5 Å². The highest BCUT2D eigenvalue weighted by Gasteiger charge is 2.08. The zero-order valence-corrected chi connectivity index (χ0v) is 8.65. The Labute approximate surface area is 83.1 Å². The minimum atomic E-state index is -3.15. The van der Waals surface area contributed by atoms with Gasteiger partial charge in [0, 0.05) is 0 Å². The molecule has 1 aromatic carbocycles. The Balaban J connectivity index is 2.68. The Morgan fingerprint density at radius 2 is 2.14 bits per heavy atom. The van der Waals surface area contributed by atoms with Crippen molar-refractivity contribution in [2.24, 2.45) is 0 Å². The molecule has 0 aliphatic carbocycles. The fourth-order valence-electron chi connectivity index (χ4n) is 1.11. The average Bonchev–Trinajstić information content (AvgIpc) is 2.43. The third kappa shape index (κ3) is 1.59. The van der Waals surface area contributed by atoms with E-state index >= 15 is 0 Å². The Hall–Kier alpha value is -1.10. The maximum atomic E-state index is 11.3. The van der Waals surface area contributed by atoms with Crippen LogP contribution >= 0.6 is 19.6 Å². The molecule has 1 aromatic heterocycles. The molecule has 2 rings (SSSR count). The predicted octanol–water partition coefficient (Wildman–Crippen LogP) is 0.874. The lowest BCUT2D eigenvalue weighted by Crippen LogP contribution is -2.16. The van der Waals surface area contributed by atoms with Gasteiger partial charge in [-0.2, -0.15) is 0 Å². The first-order valence-electron chi connectivity index (χ1n) is 3.70. The first-order chi connectivity index (χ1) is 6.68. The average molecular weight is 231 g/mol. The quantitative estimate of drug-likeness (QED) is 0.779. The van der Waals surface area contributed by atoms with Crippen LogP contribution in [-0.2, 0) is 4.57 Å². The minimum absolute atomic E-state index is 0.404. The number of hydrogen-bond donors (Lipinski definition) is 1. The van der Waals surface area contributed by atoms with Gasteiger partial charge in [-0.3, -0.25) is 4.79 Å². The van der Waals surface area contributed by atoms with E-state index in [1.807, 2.05) is 0 Å². The third-order valence-corrected chi connectivity index (χ3v) is 2.86. The lowest BCUT2D eigenvalue weighted by Gasteiger charge is -2.00. The Morgan fingerprint density at radius 3 is 2.86 bits per heavy atom. The van der Waals surface area contributed by atoms with E-state index in [1.165, 1.54) is 0 Å². The molecule has 0 fully saturated rings. The standard InChI is InChI=1S/C7H6NO4PS/c9-7-8(12-13(10)11)5-3-1-2-4-6(5)14-7/h1-4,13H,(H,10,11). The number of para-hydroxylation sites is 1. The summed E-state index contributed by atoms with van der Waals surface area (Å²) >= 11 is 0.969. The second-order valence-electron chi connectivity index (χ2n) is 2.49. The molecule has 14 heavy (non-hydrogen) atoms. The monoisotopic (exact) mass is 231 g/mol. The van der Waals surface area contributed by atoms with Crippen LogP contribution in [0.3, 0.4) is 0 Å². The maximum Gasteiger partial charge on any atom is 0.384 e. The highest BCUT2D eigenvalue weighted by atomic mass is 32.1. The SMILES string of the molecule is O=c1sc2ccccc2n1O[PH](=O)O. The Bertz CT molecular complexity index is 546. The molecule has 1 N–H and O–H groups in total. The van der Waals surface area contributed by atoms with Crippen LogP contribution in [0.5, 0.6) is 0 Å². The molecule has 7 heteroatoms. The van der Waals surface area contributed by atoms with Crippen molar-refractivity contribution in [2.45, 2.75) is 0 Å². The van der Waals surface area contributed by atoms with E-state index in [-0.39, 0.29) is 0 Å². The summed E-state index contributed by atoms with van der Waals surface area (Å²) in [6.07, 6.45) is 0. The maximum absolute atomic E-state index is 11.3. The van der Waals surface area contributed by atoms with Gasteiger partial charge in [0.2, 0.25) is 0 Å². The zero-order valence-electron chi connectivity index (χ0n) is 6.84. The number of hydrogen-bond acceptors (Lipinski definition) is 4. The number of nitrogens with zero attached hydrogens (tertiary/aromatic N) is 1. The molecule has 0 amide bonds. The molecule has 0 spiro atoms. The number of benzene rings is 1. The van der Waals surface area contributed by atoms with Crippen molar-refractivity contribution in [2.75, 3.05) is 0 Å². The van der Waals surface area contributed by atoms with Gasteiger partial charge in [-0.05, 0) is 12.1 Å². The summed E-state index contributed by atoms with van der Waals surface area (Å²) < 4.78 is 16.6. The summed E-state index contributed by atoms with van der Waals surface area (Å²) in [5.74, 6) is 0. The zero-order chi connectivity index (χ0) is 10.1. The van der Waals surface area contributed by atoms with Crippen LogP contribution in [0.1, 0.15) is 0 Å². The third-order valence-electron chi connectivity index (χ3n) is 1.62. The summed E-state index contributed by atoms with van der Waals surface area (Å²) in [7, 11) is -3.15. The first kappa shape index (κ1) is 9.45. The van der Waals surface area contributed by atoms with E-state index in [1.54, 1.807) is 24.3 Å². The molecule has 74 valence electrons. The van der Waals surface area contributed by atoms with Crippen molar-refractivity contribution in [3.63, 3.8) is 0 Å². The summed E-state index contributed by atoms with van der Waals surface area (Å²) in [5.41, 5.74) is 0.509. The van der Waals surface area contributed by atoms with E-state index in [9.17, 15) is 9.36 Å². The van der Waals surface area contributed by atoms with E-state index in [2.05, 4.69) is 4.62 Å². The van der Waals surface area contributed by atoms with E-state index in [0.29, 0.717) is 5.52 Å². The topological polar surface area (TPSA) is 68.5 Å². The molecule has 0 bridgehead atoms. The van der Waals surface area contributed by atoms with Crippen LogP contribution in [0.2, 0.25) is 0 Å². The fourth-order valence-corrected chi connectivity index (χ4v) is 2.32. The summed E-state index contributed by atoms with van der Waals surface area (Å²) in [6.45, 7) is 0. The number of rotatable bonds is 2. The second-order valence-corrected chi connectivity index (χ2v) is 4.19. The lowest BCUT2D eigenvalue weighted by molar-refractivity contribution is 0.256. The molecule has 0 saturated heterocycles. The molecule has 2 aromatic rings. The molecule has 0 radical (unpaired) electrons. The molecule has 1 unspecified atom stereocenters. The van der Waals surface area contributed by atoms with E-state index < -0.39 is 13.1 Å². The summed E-state index contributed by atoms with van der Waals surface area (Å²) in [5, 5.41) is 0. The number of fused-ring (bicyclic) bond motifs is 1. The molecular weight excluding hydrogens is 225 g/mol. The van der Waals surface area contributed by atoms with Gasteiger partial charge in [0.15, 0.2) is 0 Å². The van der Waals surface area contributed by atoms with Crippen LogP contribution in [0.25, 0.3) is 10.2 Å². The highest BCUT2D eigenvalue weighted by Crippen LogP contribution is 2.18. The Morgan fingerprint density at radius 1 is 1.43 bits per heavy atom. The van der Waals surface area contributed by atoms with Gasteiger partial charge in [0.25, 0.3) is 0 Å². The van der Waals surface area contributed by atoms with Crippen LogP contribution in [0, 0.1) is 0 Å². The number of thiazole rings is 1. The van der Waals surface area contributed by atoms with Crippen LogP contribution in [0.15, 0.2) is 29.1 Å². The lowest BCUT2D eigenvalue weighted by atomic mass is 10.3.